The van der Waals surface area contributed by atoms with E-state index < -0.39 is 0 Å². The zero-order chi connectivity index (χ0) is 22.9. The van der Waals surface area contributed by atoms with Gasteiger partial charge in [0.15, 0.2) is 11.5 Å². The Hall–Kier alpha value is -2.90. The number of rotatable bonds is 8. The first-order chi connectivity index (χ1) is 15.5. The molecule has 0 aromatic heterocycles. The highest BCUT2D eigenvalue weighted by molar-refractivity contribution is 14.1. The van der Waals surface area contributed by atoms with Gasteiger partial charge in [-0.15, -0.1) is 0 Å². The molecular weight excluding hydrogens is 585 g/mol. The van der Waals surface area contributed by atoms with Crippen molar-refractivity contribution in [2.75, 3.05) is 6.61 Å². The third-order valence-electron chi connectivity index (χ3n) is 4.26. The van der Waals surface area contributed by atoms with Gasteiger partial charge in [-0.1, -0.05) is 12.1 Å². The van der Waals surface area contributed by atoms with Gasteiger partial charge in [0.1, 0.15) is 6.61 Å². The Bertz CT molecular complexity index is 1170. The Balaban J connectivity index is 1.72. The molecule has 0 heterocycles. The van der Waals surface area contributed by atoms with E-state index in [2.05, 4.69) is 55.1 Å². The van der Waals surface area contributed by atoms with Crippen LogP contribution in [0.2, 0.25) is 0 Å². The molecule has 3 rings (SSSR count). The van der Waals surface area contributed by atoms with Crippen LogP contribution in [-0.2, 0) is 6.61 Å². The number of nitrogens with one attached hydrogen (secondary N) is 1. The molecule has 0 radical (unpaired) electrons. The van der Waals surface area contributed by atoms with Gasteiger partial charge in [0.05, 0.1) is 28.9 Å². The predicted molar refractivity (Wildman–Crippen MR) is 135 cm³/mol. The molecule has 0 bridgehead atoms. The molecule has 3 aromatic rings. The molecule has 0 atom stereocenters. The maximum atomic E-state index is 12.2. The van der Waals surface area contributed by atoms with Crippen LogP contribution in [0.1, 0.15) is 34.0 Å². The molecule has 0 saturated carbocycles. The van der Waals surface area contributed by atoms with Gasteiger partial charge in [-0.2, -0.15) is 10.4 Å². The van der Waals surface area contributed by atoms with E-state index >= 15 is 0 Å². The lowest BCUT2D eigenvalue weighted by molar-refractivity contribution is 0.0955. The molecule has 0 aliphatic heterocycles. The summed E-state index contributed by atoms with van der Waals surface area (Å²) in [5.74, 6) is 0.805. The van der Waals surface area contributed by atoms with Crippen molar-refractivity contribution >= 4 is 50.6 Å². The number of amides is 1. The normalized spacial score (nSPS) is 10.6. The number of ether oxygens (including phenoxy) is 2. The Labute approximate surface area is 208 Å². The first-order valence-corrected chi connectivity index (χ1v) is 11.5. The molecule has 0 aliphatic carbocycles. The third-order valence-corrected chi connectivity index (χ3v) is 5.57. The fourth-order valence-electron chi connectivity index (χ4n) is 2.78. The van der Waals surface area contributed by atoms with Crippen molar-refractivity contribution in [1.82, 2.24) is 5.43 Å². The molecular formula is C24H19BrIN3O3. The van der Waals surface area contributed by atoms with E-state index in [1.54, 1.807) is 30.3 Å². The molecule has 0 unspecified atom stereocenters. The molecule has 1 amide bonds. The fraction of sp³-hybridized carbons (Fsp3) is 0.125. The number of nitrogens with zero attached hydrogens (tertiary/aromatic N) is 2. The van der Waals surface area contributed by atoms with Crippen LogP contribution in [-0.4, -0.2) is 18.7 Å². The molecule has 0 saturated heterocycles. The smallest absolute Gasteiger partial charge is 0.271 e. The minimum Gasteiger partial charge on any atom is -0.490 e. The lowest BCUT2D eigenvalue weighted by Crippen LogP contribution is -2.17. The van der Waals surface area contributed by atoms with E-state index in [1.165, 1.54) is 6.21 Å². The lowest BCUT2D eigenvalue weighted by Gasteiger charge is -2.15. The summed E-state index contributed by atoms with van der Waals surface area (Å²) in [5.41, 5.74) is 5.23. The summed E-state index contributed by atoms with van der Waals surface area (Å²) in [6.45, 7) is 2.63. The number of hydrogen-bond acceptors (Lipinski definition) is 5. The Morgan fingerprint density at radius 1 is 1.19 bits per heavy atom. The van der Waals surface area contributed by atoms with Crippen molar-refractivity contribution in [3.63, 3.8) is 0 Å². The zero-order valence-electron chi connectivity index (χ0n) is 17.1. The second-order valence-corrected chi connectivity index (χ2v) is 8.67. The quantitative estimate of drug-likeness (QED) is 0.204. The summed E-state index contributed by atoms with van der Waals surface area (Å²) < 4.78 is 13.5. The summed E-state index contributed by atoms with van der Waals surface area (Å²) >= 11 is 5.71. The van der Waals surface area contributed by atoms with Crippen molar-refractivity contribution in [2.45, 2.75) is 13.5 Å². The minimum atomic E-state index is -0.290. The fourth-order valence-corrected chi connectivity index (χ4v) is 3.72. The van der Waals surface area contributed by atoms with Crippen LogP contribution >= 0.6 is 38.5 Å². The Kier molecular flexibility index (Phi) is 8.64. The van der Waals surface area contributed by atoms with E-state index in [1.807, 2.05) is 37.3 Å². The number of carbonyl (C=O) groups is 1. The lowest BCUT2D eigenvalue weighted by atomic mass is 10.1. The van der Waals surface area contributed by atoms with E-state index in [0.717, 1.165) is 14.7 Å². The standard InChI is InChI=1S/C24H19BrIN3O3/c1-2-31-22-12-18(14-28-29-24(30)19-6-8-20(26)9-7-19)11-21(25)23(22)32-15-17-5-3-4-16(10-17)13-27/h3-12,14H,2,15H2,1H3,(H,29,30)/b28-14-. The number of hydrazone groups is 1. The number of nitriles is 1. The molecule has 162 valence electrons. The second kappa shape index (κ2) is 11.6. The summed E-state index contributed by atoms with van der Waals surface area (Å²) in [5, 5.41) is 13.1. The molecule has 3 aromatic carbocycles. The van der Waals surface area contributed by atoms with E-state index in [9.17, 15) is 4.79 Å². The van der Waals surface area contributed by atoms with Gasteiger partial charge in [0, 0.05) is 9.13 Å². The van der Waals surface area contributed by atoms with Gasteiger partial charge in [-0.3, -0.25) is 4.79 Å². The first-order valence-electron chi connectivity index (χ1n) is 9.67. The molecule has 0 fully saturated rings. The van der Waals surface area contributed by atoms with Crippen LogP contribution in [0.25, 0.3) is 0 Å². The van der Waals surface area contributed by atoms with E-state index in [0.29, 0.717) is 33.7 Å². The molecule has 0 aliphatic rings. The summed E-state index contributed by atoms with van der Waals surface area (Å²) in [6.07, 6.45) is 1.54. The highest BCUT2D eigenvalue weighted by Crippen LogP contribution is 2.37. The van der Waals surface area contributed by atoms with Crippen LogP contribution in [0, 0.1) is 14.9 Å². The maximum absolute atomic E-state index is 12.2. The molecule has 0 spiro atoms. The van der Waals surface area contributed by atoms with Gasteiger partial charge >= 0.3 is 0 Å². The predicted octanol–water partition coefficient (Wildman–Crippen LogP) is 5.67. The van der Waals surface area contributed by atoms with Crippen molar-refractivity contribution in [1.29, 1.82) is 5.26 Å². The first kappa shape index (κ1) is 23.8. The monoisotopic (exact) mass is 603 g/mol. The average Bonchev–Trinajstić information content (AvgIpc) is 2.79. The van der Waals surface area contributed by atoms with Crippen LogP contribution in [0.5, 0.6) is 11.5 Å². The van der Waals surface area contributed by atoms with Gasteiger partial charge in [0.25, 0.3) is 5.91 Å². The summed E-state index contributed by atoms with van der Waals surface area (Å²) in [4.78, 5) is 12.2. The maximum Gasteiger partial charge on any atom is 0.271 e. The van der Waals surface area contributed by atoms with Crippen molar-refractivity contribution in [3.8, 4) is 17.6 Å². The Morgan fingerprint density at radius 3 is 2.69 bits per heavy atom. The third kappa shape index (κ3) is 6.55. The molecule has 32 heavy (non-hydrogen) atoms. The minimum absolute atomic E-state index is 0.285. The number of carbonyl (C=O) groups excluding carboxylic acids is 1. The van der Waals surface area contributed by atoms with Crippen LogP contribution < -0.4 is 14.9 Å². The molecule has 1 N–H and O–H groups in total. The number of hydrogen-bond donors (Lipinski definition) is 1. The van der Waals surface area contributed by atoms with Gasteiger partial charge in [-0.05, 0) is 105 Å². The highest BCUT2D eigenvalue weighted by Gasteiger charge is 2.13. The van der Waals surface area contributed by atoms with Crippen LogP contribution in [0.15, 0.2) is 70.2 Å². The van der Waals surface area contributed by atoms with Gasteiger partial charge in [-0.25, -0.2) is 5.43 Å². The molecule has 6 nitrogen and oxygen atoms in total. The van der Waals surface area contributed by atoms with Crippen molar-refractivity contribution in [2.24, 2.45) is 5.10 Å². The van der Waals surface area contributed by atoms with Crippen LogP contribution in [0.4, 0.5) is 0 Å². The van der Waals surface area contributed by atoms with Crippen LogP contribution in [0.3, 0.4) is 0 Å². The summed E-state index contributed by atoms with van der Waals surface area (Å²) in [7, 11) is 0. The van der Waals surface area contributed by atoms with Crippen molar-refractivity contribution < 1.29 is 14.3 Å². The zero-order valence-corrected chi connectivity index (χ0v) is 20.9. The van der Waals surface area contributed by atoms with E-state index in [4.69, 9.17) is 14.7 Å². The topological polar surface area (TPSA) is 83.7 Å². The largest absolute Gasteiger partial charge is 0.490 e. The van der Waals surface area contributed by atoms with Gasteiger partial charge in [0.2, 0.25) is 0 Å². The van der Waals surface area contributed by atoms with Crippen molar-refractivity contribution in [3.05, 3.63) is 91.0 Å². The molecule has 8 heteroatoms. The average molecular weight is 604 g/mol. The van der Waals surface area contributed by atoms with E-state index in [-0.39, 0.29) is 12.5 Å². The highest BCUT2D eigenvalue weighted by atomic mass is 127. The number of benzene rings is 3. The Morgan fingerprint density at radius 2 is 1.97 bits per heavy atom. The number of halogens is 2. The van der Waals surface area contributed by atoms with Gasteiger partial charge < -0.3 is 9.47 Å². The second-order valence-electron chi connectivity index (χ2n) is 6.57. The summed E-state index contributed by atoms with van der Waals surface area (Å²) in [6, 6.07) is 20.2. The SMILES string of the molecule is CCOc1cc(/C=N\NC(=O)c2ccc(I)cc2)cc(Br)c1OCc1cccc(C#N)c1.